The minimum Gasteiger partial charge on any atom is -0.468 e. The van der Waals surface area contributed by atoms with Crippen LogP contribution in [0.3, 0.4) is 0 Å². The highest BCUT2D eigenvalue weighted by Gasteiger charge is 2.26. The molecule has 3 atom stereocenters. The van der Waals surface area contributed by atoms with E-state index in [1.54, 1.807) is 0 Å². The molecule has 1 unspecified atom stereocenters. The summed E-state index contributed by atoms with van der Waals surface area (Å²) in [5, 5.41) is 3.50. The molecule has 0 aliphatic carbocycles. The van der Waals surface area contributed by atoms with E-state index in [0.29, 0.717) is 0 Å². The van der Waals surface area contributed by atoms with Gasteiger partial charge >= 0.3 is 5.97 Å². The number of hydrogen-bond acceptors (Lipinski definition) is 3. The molecule has 0 saturated heterocycles. The first-order chi connectivity index (χ1) is 12.2. The van der Waals surface area contributed by atoms with Crippen LogP contribution >= 0.6 is 0 Å². The van der Waals surface area contributed by atoms with Crippen LogP contribution in [0.5, 0.6) is 0 Å². The van der Waals surface area contributed by atoms with Gasteiger partial charge in [0.1, 0.15) is 6.04 Å². The van der Waals surface area contributed by atoms with E-state index in [4.69, 9.17) is 4.74 Å². The van der Waals surface area contributed by atoms with E-state index >= 15 is 0 Å². The Morgan fingerprint density at radius 3 is 2.28 bits per heavy atom. The molecule has 0 aliphatic rings. The van der Waals surface area contributed by atoms with Crippen molar-refractivity contribution in [2.24, 2.45) is 5.92 Å². The lowest BCUT2D eigenvalue weighted by Gasteiger charge is -2.28. The number of nitrogens with one attached hydrogen (secondary N) is 1. The molecule has 0 heterocycles. The molecule has 3 heteroatoms. The molecule has 2 aromatic carbocycles. The number of aryl methyl sites for hydroxylation is 1. The molecule has 0 radical (unpaired) electrons. The summed E-state index contributed by atoms with van der Waals surface area (Å²) in [6.07, 6.45) is 3.79. The van der Waals surface area contributed by atoms with Crippen LogP contribution in [-0.4, -0.2) is 19.1 Å². The first kappa shape index (κ1) is 18.9. The Morgan fingerprint density at radius 1 is 1.12 bits per heavy atom. The second-order valence-corrected chi connectivity index (χ2v) is 6.26. The Balaban J connectivity index is 2.14. The van der Waals surface area contributed by atoms with Crippen LogP contribution in [0.15, 0.2) is 73.3 Å². The van der Waals surface area contributed by atoms with Crippen molar-refractivity contribution in [3.8, 4) is 0 Å². The van der Waals surface area contributed by atoms with Crippen LogP contribution in [0.25, 0.3) is 0 Å². The van der Waals surface area contributed by atoms with Crippen LogP contribution in [0, 0.1) is 5.92 Å². The number of benzene rings is 2. The maximum absolute atomic E-state index is 12.3. The minimum absolute atomic E-state index is 0.127. The fourth-order valence-corrected chi connectivity index (χ4v) is 2.91. The summed E-state index contributed by atoms with van der Waals surface area (Å²) >= 11 is 0. The number of hydrogen-bond donors (Lipinski definition) is 1. The topological polar surface area (TPSA) is 38.3 Å². The van der Waals surface area contributed by atoms with Crippen LogP contribution in [0.2, 0.25) is 0 Å². The summed E-state index contributed by atoms with van der Waals surface area (Å²) < 4.78 is 5.02. The average molecular weight is 337 g/mol. The van der Waals surface area contributed by atoms with E-state index in [0.717, 1.165) is 18.4 Å². The second kappa shape index (κ2) is 9.80. The van der Waals surface area contributed by atoms with Crippen molar-refractivity contribution < 1.29 is 9.53 Å². The van der Waals surface area contributed by atoms with Crippen molar-refractivity contribution in [2.75, 3.05) is 7.11 Å². The van der Waals surface area contributed by atoms with Gasteiger partial charge in [0.2, 0.25) is 0 Å². The normalized spacial score (nSPS) is 14.3. The lowest BCUT2D eigenvalue weighted by atomic mass is 9.93. The Bertz CT molecular complexity index is 654. The highest BCUT2D eigenvalue weighted by Crippen LogP contribution is 2.20. The smallest absolute Gasteiger partial charge is 0.327 e. The number of esters is 1. The predicted octanol–water partition coefficient (Wildman–Crippen LogP) is 4.31. The molecule has 0 saturated carbocycles. The number of rotatable bonds is 9. The molecule has 2 aromatic rings. The van der Waals surface area contributed by atoms with Gasteiger partial charge in [0, 0.05) is 6.04 Å². The zero-order chi connectivity index (χ0) is 18.1. The molecule has 0 fully saturated rings. The molecule has 1 N–H and O–H groups in total. The molecular weight excluding hydrogens is 310 g/mol. The third-order valence-corrected chi connectivity index (χ3v) is 4.54. The van der Waals surface area contributed by atoms with Crippen LogP contribution in [0.4, 0.5) is 0 Å². The van der Waals surface area contributed by atoms with E-state index in [-0.39, 0.29) is 17.9 Å². The van der Waals surface area contributed by atoms with Crippen molar-refractivity contribution in [2.45, 2.75) is 31.8 Å². The molecule has 3 nitrogen and oxygen atoms in total. The highest BCUT2D eigenvalue weighted by atomic mass is 16.5. The Labute approximate surface area is 150 Å². The summed E-state index contributed by atoms with van der Waals surface area (Å²) in [6.45, 7) is 6.05. The Morgan fingerprint density at radius 2 is 1.72 bits per heavy atom. The SMILES string of the molecule is C=CC(C)[C@@H](CCc1ccccc1)N[C@H](C(=O)OC)c1ccccc1. The van der Waals surface area contributed by atoms with Gasteiger partial charge in [-0.1, -0.05) is 73.7 Å². The van der Waals surface area contributed by atoms with Gasteiger partial charge in [-0.25, -0.2) is 4.79 Å². The quantitative estimate of drug-likeness (QED) is 0.547. The summed E-state index contributed by atoms with van der Waals surface area (Å²) in [6, 6.07) is 19.7. The zero-order valence-corrected chi connectivity index (χ0v) is 15.0. The van der Waals surface area contributed by atoms with Crippen molar-refractivity contribution in [3.63, 3.8) is 0 Å². The van der Waals surface area contributed by atoms with Gasteiger partial charge in [-0.05, 0) is 29.9 Å². The van der Waals surface area contributed by atoms with Gasteiger partial charge in [0.05, 0.1) is 7.11 Å². The maximum Gasteiger partial charge on any atom is 0.327 e. The van der Waals surface area contributed by atoms with Crippen molar-refractivity contribution in [1.29, 1.82) is 0 Å². The summed E-state index contributed by atoms with van der Waals surface area (Å²) in [7, 11) is 1.43. The maximum atomic E-state index is 12.3. The van der Waals surface area contributed by atoms with Crippen LogP contribution < -0.4 is 5.32 Å². The van der Waals surface area contributed by atoms with Gasteiger partial charge in [0.15, 0.2) is 0 Å². The van der Waals surface area contributed by atoms with Crippen molar-refractivity contribution in [1.82, 2.24) is 5.32 Å². The largest absolute Gasteiger partial charge is 0.468 e. The van der Waals surface area contributed by atoms with Crippen LogP contribution in [-0.2, 0) is 16.0 Å². The minimum atomic E-state index is -0.477. The molecule has 0 aromatic heterocycles. The lowest BCUT2D eigenvalue weighted by molar-refractivity contribution is -0.143. The monoisotopic (exact) mass is 337 g/mol. The van der Waals surface area contributed by atoms with Crippen molar-refractivity contribution >= 4 is 5.97 Å². The van der Waals surface area contributed by atoms with Gasteiger partial charge in [-0.3, -0.25) is 5.32 Å². The first-order valence-corrected chi connectivity index (χ1v) is 8.71. The first-order valence-electron chi connectivity index (χ1n) is 8.71. The van der Waals surface area contributed by atoms with E-state index in [1.165, 1.54) is 12.7 Å². The summed E-state index contributed by atoms with van der Waals surface area (Å²) in [4.78, 5) is 12.3. The van der Waals surface area contributed by atoms with Crippen molar-refractivity contribution in [3.05, 3.63) is 84.4 Å². The van der Waals surface area contributed by atoms with Gasteiger partial charge in [0.25, 0.3) is 0 Å². The fourth-order valence-electron chi connectivity index (χ4n) is 2.91. The summed E-state index contributed by atoms with van der Waals surface area (Å²) in [5.41, 5.74) is 2.20. The molecule has 0 spiro atoms. The fraction of sp³-hybridized carbons (Fsp3) is 0.318. The molecule has 0 aliphatic heterocycles. The number of ether oxygens (including phenoxy) is 1. The third-order valence-electron chi connectivity index (χ3n) is 4.54. The Kier molecular flexibility index (Phi) is 7.42. The second-order valence-electron chi connectivity index (χ2n) is 6.26. The molecular formula is C22H27NO2. The van der Waals surface area contributed by atoms with E-state index in [1.807, 2.05) is 42.5 Å². The third kappa shape index (κ3) is 5.57. The summed E-state index contributed by atoms with van der Waals surface area (Å²) in [5.74, 6) is -0.0354. The molecule has 132 valence electrons. The van der Waals surface area contributed by atoms with Gasteiger partial charge in [-0.2, -0.15) is 0 Å². The van der Waals surface area contributed by atoms with Crippen LogP contribution in [0.1, 0.15) is 30.5 Å². The predicted molar refractivity (Wildman–Crippen MR) is 102 cm³/mol. The molecule has 2 rings (SSSR count). The highest BCUT2D eigenvalue weighted by molar-refractivity contribution is 5.77. The number of carbonyl (C=O) groups is 1. The number of carbonyl (C=O) groups excluding carboxylic acids is 1. The van der Waals surface area contributed by atoms with E-state index in [2.05, 4.69) is 43.1 Å². The lowest BCUT2D eigenvalue weighted by Crippen LogP contribution is -2.41. The van der Waals surface area contributed by atoms with Gasteiger partial charge < -0.3 is 4.74 Å². The molecule has 0 amide bonds. The molecule has 0 bridgehead atoms. The zero-order valence-electron chi connectivity index (χ0n) is 15.0. The van der Waals surface area contributed by atoms with E-state index < -0.39 is 6.04 Å². The average Bonchev–Trinajstić information content (AvgIpc) is 2.68. The Hall–Kier alpha value is -2.39. The molecule has 25 heavy (non-hydrogen) atoms. The van der Waals surface area contributed by atoms with Gasteiger partial charge in [-0.15, -0.1) is 6.58 Å². The number of methoxy groups -OCH3 is 1. The standard InChI is InChI=1S/C22H27NO2/c1-4-17(2)20(16-15-18-11-7-5-8-12-18)23-21(22(24)25-3)19-13-9-6-10-14-19/h4-14,17,20-21,23H,1,15-16H2,2-3H3/t17?,20-,21+/m1/s1. The van der Waals surface area contributed by atoms with E-state index in [9.17, 15) is 4.79 Å².